The molecule has 0 radical (unpaired) electrons. The van der Waals surface area contributed by atoms with Crippen LogP contribution in [0.3, 0.4) is 0 Å². The van der Waals surface area contributed by atoms with Gasteiger partial charge in [0.15, 0.2) is 0 Å². The van der Waals surface area contributed by atoms with Crippen molar-refractivity contribution in [2.75, 3.05) is 32.5 Å². The van der Waals surface area contributed by atoms with E-state index in [4.69, 9.17) is 16.3 Å². The summed E-state index contributed by atoms with van der Waals surface area (Å²) in [6.45, 7) is 7.43. The summed E-state index contributed by atoms with van der Waals surface area (Å²) in [4.78, 5) is 14.9. The lowest BCUT2D eigenvalue weighted by Crippen LogP contribution is -2.47. The van der Waals surface area contributed by atoms with Crippen molar-refractivity contribution in [1.29, 1.82) is 0 Å². The van der Waals surface area contributed by atoms with Gasteiger partial charge in [0, 0.05) is 32.9 Å². The van der Waals surface area contributed by atoms with E-state index in [0.717, 1.165) is 41.5 Å². The molecule has 1 atom stereocenters. The summed E-state index contributed by atoms with van der Waals surface area (Å²) in [6, 6.07) is 10.3. The molecule has 0 bridgehead atoms. The molecule has 1 fully saturated rings. The molecule has 2 aromatic carbocycles. The highest BCUT2D eigenvalue weighted by Gasteiger charge is 2.28. The van der Waals surface area contributed by atoms with Crippen LogP contribution in [-0.4, -0.2) is 62.9 Å². The number of anilines is 1. The molecule has 1 aliphatic heterocycles. The number of aryl methyl sites for hydroxylation is 2. The van der Waals surface area contributed by atoms with Gasteiger partial charge in [0.2, 0.25) is 15.9 Å². The van der Waals surface area contributed by atoms with Gasteiger partial charge >= 0.3 is 0 Å². The van der Waals surface area contributed by atoms with Gasteiger partial charge in [-0.15, -0.1) is 0 Å². The third-order valence-corrected chi connectivity index (χ3v) is 8.30. The van der Waals surface area contributed by atoms with E-state index in [-0.39, 0.29) is 28.0 Å². The molecule has 1 amide bonds. The first-order chi connectivity index (χ1) is 15.5. The van der Waals surface area contributed by atoms with Crippen LogP contribution in [0.15, 0.2) is 41.3 Å². The van der Waals surface area contributed by atoms with Crippen LogP contribution in [0.25, 0.3) is 0 Å². The third-order valence-electron chi connectivity index (χ3n) is 6.00. The summed E-state index contributed by atoms with van der Waals surface area (Å²) in [5.41, 5.74) is 2.68. The van der Waals surface area contributed by atoms with Crippen molar-refractivity contribution in [2.24, 2.45) is 0 Å². The molecule has 0 aliphatic carbocycles. The van der Waals surface area contributed by atoms with Crippen molar-refractivity contribution in [3.63, 3.8) is 0 Å². The number of hydrogen-bond donors (Lipinski definition) is 1. The topological polar surface area (TPSA) is 79.0 Å². The molecule has 2 aromatic rings. The fraction of sp³-hybridized carbons (Fsp3) is 0.458. The lowest BCUT2D eigenvalue weighted by molar-refractivity contribution is -0.121. The average molecular weight is 494 g/mol. The second-order valence-electron chi connectivity index (χ2n) is 8.72. The Morgan fingerprint density at radius 1 is 1.15 bits per heavy atom. The van der Waals surface area contributed by atoms with Crippen molar-refractivity contribution in [3.05, 3.63) is 52.5 Å². The normalized spacial score (nSPS) is 16.6. The molecule has 0 saturated carbocycles. The van der Waals surface area contributed by atoms with Crippen molar-refractivity contribution < 1.29 is 17.9 Å². The van der Waals surface area contributed by atoms with E-state index in [1.807, 2.05) is 13.8 Å². The molecule has 33 heavy (non-hydrogen) atoms. The van der Waals surface area contributed by atoms with E-state index in [0.29, 0.717) is 5.69 Å². The molecule has 7 nitrogen and oxygen atoms in total. The SMILES string of the molecule is Cc1ccc(C)c(OC2CCN(C(C)C(=O)Nc3ccc(Cl)c(S(=O)(=O)N(C)C)c3)CC2)c1. The molecule has 1 aliphatic rings. The minimum atomic E-state index is -3.72. The number of carbonyl (C=O) groups excluding carboxylic acids is 1. The van der Waals surface area contributed by atoms with Crippen LogP contribution in [-0.2, 0) is 14.8 Å². The molecule has 1 unspecified atom stereocenters. The van der Waals surface area contributed by atoms with Crippen LogP contribution < -0.4 is 10.1 Å². The largest absolute Gasteiger partial charge is 0.490 e. The highest BCUT2D eigenvalue weighted by Crippen LogP contribution is 2.28. The molecule has 1 heterocycles. The van der Waals surface area contributed by atoms with Crippen molar-refractivity contribution in [2.45, 2.75) is 50.7 Å². The Labute approximate surface area is 201 Å². The maximum atomic E-state index is 12.9. The van der Waals surface area contributed by atoms with E-state index in [1.54, 1.807) is 6.07 Å². The molecule has 1 saturated heterocycles. The zero-order valence-corrected chi connectivity index (χ0v) is 21.3. The standard InChI is InChI=1S/C24H32ClN3O4S/c1-16-6-7-17(2)22(14-16)32-20-10-12-28(13-11-20)18(3)24(29)26-19-8-9-21(25)23(15-19)33(30,31)27(4)5/h6-9,14-15,18,20H,10-13H2,1-5H3,(H,26,29). The van der Waals surface area contributed by atoms with Gasteiger partial charge in [-0.2, -0.15) is 0 Å². The second-order valence-corrected chi connectivity index (χ2v) is 11.2. The van der Waals surface area contributed by atoms with Gasteiger partial charge in [0.25, 0.3) is 0 Å². The maximum Gasteiger partial charge on any atom is 0.244 e. The molecular formula is C24H32ClN3O4S. The van der Waals surface area contributed by atoms with Crippen LogP contribution in [0.5, 0.6) is 5.75 Å². The Bertz CT molecular complexity index is 1110. The smallest absolute Gasteiger partial charge is 0.244 e. The van der Waals surface area contributed by atoms with Crippen LogP contribution in [0.1, 0.15) is 30.9 Å². The molecule has 0 aromatic heterocycles. The van der Waals surface area contributed by atoms with Crippen molar-refractivity contribution in [3.8, 4) is 5.75 Å². The summed E-state index contributed by atoms with van der Waals surface area (Å²) >= 11 is 6.10. The quantitative estimate of drug-likeness (QED) is 0.628. The molecular weight excluding hydrogens is 462 g/mol. The molecule has 180 valence electrons. The van der Waals surface area contributed by atoms with Gasteiger partial charge < -0.3 is 10.1 Å². The summed E-state index contributed by atoms with van der Waals surface area (Å²) in [6.07, 6.45) is 1.78. The number of rotatable bonds is 7. The zero-order valence-electron chi connectivity index (χ0n) is 19.8. The van der Waals surface area contributed by atoms with Crippen LogP contribution in [0.4, 0.5) is 5.69 Å². The lowest BCUT2D eigenvalue weighted by Gasteiger charge is -2.35. The predicted molar refractivity (Wildman–Crippen MR) is 132 cm³/mol. The van der Waals surface area contributed by atoms with E-state index in [1.165, 1.54) is 31.8 Å². The first-order valence-electron chi connectivity index (χ1n) is 11.0. The summed E-state index contributed by atoms with van der Waals surface area (Å²) in [7, 11) is -0.844. The lowest BCUT2D eigenvalue weighted by atomic mass is 10.0. The van der Waals surface area contributed by atoms with Gasteiger partial charge in [0.1, 0.15) is 16.7 Å². The van der Waals surface area contributed by atoms with Crippen molar-refractivity contribution in [1.82, 2.24) is 9.21 Å². The van der Waals surface area contributed by atoms with E-state index >= 15 is 0 Å². The number of piperidine rings is 1. The van der Waals surface area contributed by atoms with E-state index in [9.17, 15) is 13.2 Å². The number of benzene rings is 2. The summed E-state index contributed by atoms with van der Waals surface area (Å²) in [5.74, 6) is 0.727. The van der Waals surface area contributed by atoms with E-state index < -0.39 is 10.0 Å². The number of ether oxygens (including phenoxy) is 1. The first-order valence-corrected chi connectivity index (χ1v) is 12.8. The number of sulfonamides is 1. The minimum absolute atomic E-state index is 0.0379. The molecule has 0 spiro atoms. The van der Waals surface area contributed by atoms with E-state index in [2.05, 4.69) is 35.3 Å². The number of carbonyl (C=O) groups is 1. The Hall–Kier alpha value is -2.13. The maximum absolute atomic E-state index is 12.9. The average Bonchev–Trinajstić information content (AvgIpc) is 2.77. The Morgan fingerprint density at radius 3 is 2.45 bits per heavy atom. The molecule has 3 rings (SSSR count). The van der Waals surface area contributed by atoms with Gasteiger partial charge in [-0.25, -0.2) is 12.7 Å². The fourth-order valence-corrected chi connectivity index (χ4v) is 5.18. The third kappa shape index (κ3) is 6.06. The highest BCUT2D eigenvalue weighted by molar-refractivity contribution is 7.89. The van der Waals surface area contributed by atoms with Crippen molar-refractivity contribution >= 4 is 33.2 Å². The second kappa shape index (κ2) is 10.4. The fourth-order valence-electron chi connectivity index (χ4n) is 3.78. The van der Waals surface area contributed by atoms with Crippen LogP contribution >= 0.6 is 11.6 Å². The summed E-state index contributed by atoms with van der Waals surface area (Å²) < 4.78 is 32.3. The number of amides is 1. The monoisotopic (exact) mass is 493 g/mol. The van der Waals surface area contributed by atoms with Gasteiger partial charge in [-0.1, -0.05) is 23.7 Å². The number of nitrogens with one attached hydrogen (secondary N) is 1. The molecule has 9 heteroatoms. The minimum Gasteiger partial charge on any atom is -0.490 e. The molecule has 1 N–H and O–H groups in total. The van der Waals surface area contributed by atoms with Gasteiger partial charge in [0.05, 0.1) is 11.1 Å². The number of nitrogens with zero attached hydrogens (tertiary/aromatic N) is 2. The van der Waals surface area contributed by atoms with Crippen LogP contribution in [0, 0.1) is 13.8 Å². The van der Waals surface area contributed by atoms with Gasteiger partial charge in [-0.3, -0.25) is 9.69 Å². The number of likely N-dealkylation sites (tertiary alicyclic amines) is 1. The Morgan fingerprint density at radius 2 is 1.82 bits per heavy atom. The first kappa shape index (κ1) is 25.5. The zero-order chi connectivity index (χ0) is 24.3. The van der Waals surface area contributed by atoms with Gasteiger partial charge in [-0.05, 0) is 69.0 Å². The highest BCUT2D eigenvalue weighted by atomic mass is 35.5. The summed E-state index contributed by atoms with van der Waals surface area (Å²) in [5, 5.41) is 2.94. The predicted octanol–water partition coefficient (Wildman–Crippen LogP) is 4.08. The number of hydrogen-bond acceptors (Lipinski definition) is 5. The Kier molecular flexibility index (Phi) is 8.05. The number of halogens is 1. The van der Waals surface area contributed by atoms with Crippen LogP contribution in [0.2, 0.25) is 5.02 Å². The Balaban J connectivity index is 1.60.